The van der Waals surface area contributed by atoms with Crippen LogP contribution in [0.15, 0.2) is 35.4 Å². The highest BCUT2D eigenvalue weighted by Crippen LogP contribution is 2.35. The first-order chi connectivity index (χ1) is 16.3. The molecule has 0 bridgehead atoms. The molecule has 0 spiro atoms. The summed E-state index contributed by atoms with van der Waals surface area (Å²) in [5.41, 5.74) is 2.27. The molecule has 2 N–H and O–H groups in total. The average molecular weight is 522 g/mol. The van der Waals surface area contributed by atoms with Crippen molar-refractivity contribution in [3.8, 4) is 0 Å². The molecule has 1 aromatic carbocycles. The molecule has 6 nitrogen and oxygen atoms in total. The Morgan fingerprint density at radius 3 is 2.46 bits per heavy atom. The average Bonchev–Trinajstić information content (AvgIpc) is 2.78. The number of rotatable bonds is 8. The first-order valence-corrected chi connectivity index (χ1v) is 14.8. The second kappa shape index (κ2) is 11.3. The molecule has 1 saturated carbocycles. The Morgan fingerprint density at radius 2 is 1.86 bits per heavy atom. The molecule has 1 amide bonds. The van der Waals surface area contributed by atoms with Gasteiger partial charge in [-0.1, -0.05) is 52.2 Å². The first-order valence-electron chi connectivity index (χ1n) is 12.1. The van der Waals surface area contributed by atoms with Gasteiger partial charge in [0.15, 0.2) is 0 Å². The second-order valence-corrected chi connectivity index (χ2v) is 13.4. The predicted molar refractivity (Wildman–Crippen MR) is 141 cm³/mol. The number of benzene rings is 1. The minimum absolute atomic E-state index is 0.0691. The number of hydrogen-bond acceptors (Lipinski definition) is 5. The normalized spacial score (nSPS) is 16.1. The van der Waals surface area contributed by atoms with E-state index in [-0.39, 0.29) is 17.0 Å². The van der Waals surface area contributed by atoms with Gasteiger partial charge < -0.3 is 5.32 Å². The molecule has 2 aromatic rings. The number of amides is 1. The lowest BCUT2D eigenvalue weighted by atomic mass is 9.91. The largest absolute Gasteiger partial charge is 0.351 e. The molecule has 1 aliphatic carbocycles. The summed E-state index contributed by atoms with van der Waals surface area (Å²) in [6.45, 7) is 8.47. The number of sulfonamides is 1. The molecule has 192 valence electrons. The van der Waals surface area contributed by atoms with Crippen LogP contribution in [-0.4, -0.2) is 30.8 Å². The summed E-state index contributed by atoms with van der Waals surface area (Å²) in [6, 6.07) is 8.17. The number of nitrogens with one attached hydrogen (secondary N) is 2. The Kier molecular flexibility index (Phi) is 8.86. The van der Waals surface area contributed by atoms with Crippen molar-refractivity contribution in [1.29, 1.82) is 0 Å². The van der Waals surface area contributed by atoms with E-state index in [0.717, 1.165) is 22.5 Å². The molecule has 1 aliphatic rings. The molecule has 1 heterocycles. The molecule has 1 unspecified atom stereocenters. The Labute approximate surface area is 212 Å². The van der Waals surface area contributed by atoms with Gasteiger partial charge in [0, 0.05) is 28.5 Å². The Morgan fingerprint density at radius 1 is 1.17 bits per heavy atom. The zero-order valence-corrected chi connectivity index (χ0v) is 22.8. The standard InChI is InChI=1S/C26H36FN3O3S2/c1-17(18-11-13-22(21(27)15-18)30-35(5,32)33)24(31)28-16-19-12-14-23(26(2,3)4)29-25(19)34-20-9-7-6-8-10-20/h11-15,17,20,30H,6-10,16H2,1-5H3,(H,28,31). The van der Waals surface area contributed by atoms with Crippen molar-refractivity contribution in [2.24, 2.45) is 0 Å². The lowest BCUT2D eigenvalue weighted by Gasteiger charge is -2.24. The SMILES string of the molecule is CC(C(=O)NCc1ccc(C(C)(C)C)nc1SC1CCCCC1)c1ccc(NS(C)(=O)=O)c(F)c1. The molecule has 3 rings (SSSR count). The van der Waals surface area contributed by atoms with Gasteiger partial charge in [0.25, 0.3) is 0 Å². The molecule has 35 heavy (non-hydrogen) atoms. The number of hydrogen-bond donors (Lipinski definition) is 2. The Bertz CT molecular complexity index is 1160. The minimum Gasteiger partial charge on any atom is -0.351 e. The van der Waals surface area contributed by atoms with Gasteiger partial charge in [-0.2, -0.15) is 0 Å². The van der Waals surface area contributed by atoms with E-state index in [1.54, 1.807) is 13.0 Å². The Balaban J connectivity index is 1.72. The summed E-state index contributed by atoms with van der Waals surface area (Å²) in [6.07, 6.45) is 7.11. The van der Waals surface area contributed by atoms with Crippen molar-refractivity contribution in [2.45, 2.75) is 88.0 Å². The zero-order chi connectivity index (χ0) is 25.8. The van der Waals surface area contributed by atoms with E-state index in [4.69, 9.17) is 4.98 Å². The van der Waals surface area contributed by atoms with Crippen LogP contribution in [0.4, 0.5) is 10.1 Å². The molecular weight excluding hydrogens is 485 g/mol. The van der Waals surface area contributed by atoms with Crippen LogP contribution in [-0.2, 0) is 26.8 Å². The van der Waals surface area contributed by atoms with E-state index in [1.165, 1.54) is 44.2 Å². The zero-order valence-electron chi connectivity index (χ0n) is 21.2. The molecule has 1 atom stereocenters. The number of nitrogens with zero attached hydrogens (tertiary/aromatic N) is 1. The second-order valence-electron chi connectivity index (χ2n) is 10.3. The quantitative estimate of drug-likeness (QED) is 0.463. The summed E-state index contributed by atoms with van der Waals surface area (Å²) in [5.74, 6) is -1.56. The number of carbonyl (C=O) groups excluding carboxylic acids is 1. The fraction of sp³-hybridized carbons (Fsp3) is 0.538. The number of carbonyl (C=O) groups is 1. The summed E-state index contributed by atoms with van der Waals surface area (Å²) >= 11 is 1.82. The molecule has 0 aliphatic heterocycles. The number of halogens is 1. The van der Waals surface area contributed by atoms with Crippen LogP contribution >= 0.6 is 11.8 Å². The maximum Gasteiger partial charge on any atom is 0.229 e. The van der Waals surface area contributed by atoms with Crippen LogP contribution in [0.1, 0.15) is 82.5 Å². The maximum absolute atomic E-state index is 14.4. The number of aromatic nitrogens is 1. The lowest BCUT2D eigenvalue weighted by Crippen LogP contribution is -2.28. The fourth-order valence-electron chi connectivity index (χ4n) is 4.03. The highest BCUT2D eigenvalue weighted by molar-refractivity contribution is 7.99. The van der Waals surface area contributed by atoms with Crippen LogP contribution in [0.25, 0.3) is 0 Å². The number of pyridine rings is 1. The molecule has 1 fully saturated rings. The summed E-state index contributed by atoms with van der Waals surface area (Å²) < 4.78 is 39.3. The van der Waals surface area contributed by atoms with Crippen LogP contribution in [0.3, 0.4) is 0 Å². The maximum atomic E-state index is 14.4. The monoisotopic (exact) mass is 521 g/mol. The van der Waals surface area contributed by atoms with E-state index in [1.807, 2.05) is 17.8 Å². The highest BCUT2D eigenvalue weighted by atomic mass is 32.2. The van der Waals surface area contributed by atoms with E-state index < -0.39 is 21.8 Å². The lowest BCUT2D eigenvalue weighted by molar-refractivity contribution is -0.122. The van der Waals surface area contributed by atoms with Gasteiger partial charge in [0.2, 0.25) is 15.9 Å². The Hall–Kier alpha value is -2.13. The first kappa shape index (κ1) is 27.5. The summed E-state index contributed by atoms with van der Waals surface area (Å²) in [4.78, 5) is 17.9. The van der Waals surface area contributed by atoms with Gasteiger partial charge in [-0.3, -0.25) is 9.52 Å². The molecule has 9 heteroatoms. The highest BCUT2D eigenvalue weighted by Gasteiger charge is 2.23. The molecular formula is C26H36FN3O3S2. The van der Waals surface area contributed by atoms with Gasteiger partial charge in [-0.15, -0.1) is 11.8 Å². The topological polar surface area (TPSA) is 88.2 Å². The third kappa shape index (κ3) is 7.93. The third-order valence-electron chi connectivity index (χ3n) is 6.17. The van der Waals surface area contributed by atoms with E-state index >= 15 is 0 Å². The van der Waals surface area contributed by atoms with Crippen molar-refractivity contribution in [1.82, 2.24) is 10.3 Å². The molecule has 0 saturated heterocycles. The molecule has 0 radical (unpaired) electrons. The number of thioether (sulfide) groups is 1. The van der Waals surface area contributed by atoms with Crippen molar-refractivity contribution in [2.75, 3.05) is 11.0 Å². The van der Waals surface area contributed by atoms with Gasteiger partial charge >= 0.3 is 0 Å². The van der Waals surface area contributed by atoms with E-state index in [9.17, 15) is 17.6 Å². The van der Waals surface area contributed by atoms with Gasteiger partial charge in [-0.25, -0.2) is 17.8 Å². The van der Waals surface area contributed by atoms with Crippen LogP contribution < -0.4 is 10.0 Å². The van der Waals surface area contributed by atoms with Gasteiger partial charge in [0.1, 0.15) is 10.8 Å². The van der Waals surface area contributed by atoms with Crippen LogP contribution in [0.2, 0.25) is 0 Å². The smallest absolute Gasteiger partial charge is 0.229 e. The predicted octanol–water partition coefficient (Wildman–Crippen LogP) is 5.73. The number of anilines is 1. The molecule has 1 aromatic heterocycles. The third-order valence-corrected chi connectivity index (χ3v) is 8.15. The van der Waals surface area contributed by atoms with Gasteiger partial charge in [0.05, 0.1) is 17.9 Å². The van der Waals surface area contributed by atoms with Crippen molar-refractivity contribution < 1.29 is 17.6 Å². The van der Waals surface area contributed by atoms with Crippen molar-refractivity contribution in [3.63, 3.8) is 0 Å². The summed E-state index contributed by atoms with van der Waals surface area (Å²) in [5, 5.41) is 4.49. The van der Waals surface area contributed by atoms with Crippen molar-refractivity contribution in [3.05, 3.63) is 53.0 Å². The van der Waals surface area contributed by atoms with E-state index in [0.29, 0.717) is 17.4 Å². The van der Waals surface area contributed by atoms with Gasteiger partial charge in [-0.05, 0) is 43.5 Å². The van der Waals surface area contributed by atoms with Crippen LogP contribution in [0.5, 0.6) is 0 Å². The van der Waals surface area contributed by atoms with Crippen molar-refractivity contribution >= 4 is 33.4 Å². The van der Waals surface area contributed by atoms with Crippen LogP contribution in [0, 0.1) is 5.82 Å². The minimum atomic E-state index is -3.59. The van der Waals surface area contributed by atoms with E-state index in [2.05, 4.69) is 36.9 Å². The fourth-order valence-corrected chi connectivity index (χ4v) is 5.93. The summed E-state index contributed by atoms with van der Waals surface area (Å²) in [7, 11) is -3.59.